The summed E-state index contributed by atoms with van der Waals surface area (Å²) < 4.78 is 4.66. The molecular weight excluding hydrogens is 262 g/mol. The molecule has 0 saturated heterocycles. The third-order valence-corrected chi connectivity index (χ3v) is 4.44. The maximum absolute atomic E-state index is 11.6. The Bertz CT molecular complexity index is 533. The molecule has 0 aromatic carbocycles. The van der Waals surface area contributed by atoms with Crippen molar-refractivity contribution in [1.29, 1.82) is 5.26 Å². The molecule has 5 nitrogen and oxygen atoms in total. The predicted octanol–water partition coefficient (Wildman–Crippen LogP) is 2.59. The lowest BCUT2D eigenvalue weighted by molar-refractivity contribution is 0.0607. The van der Waals surface area contributed by atoms with Crippen molar-refractivity contribution in [1.82, 2.24) is 0 Å². The molecule has 6 heteroatoms. The van der Waals surface area contributed by atoms with E-state index in [1.165, 1.54) is 24.9 Å². The molecule has 2 unspecified atom stereocenters. The van der Waals surface area contributed by atoms with Gasteiger partial charge in [-0.1, -0.05) is 13.3 Å². The Kier molecular flexibility index (Phi) is 3.96. The lowest BCUT2D eigenvalue weighted by Gasteiger charge is -2.02. The van der Waals surface area contributed by atoms with Gasteiger partial charge in [0.05, 0.1) is 12.8 Å². The molecule has 0 spiro atoms. The number of nitrogens with two attached hydrogens (primary N) is 1. The largest absolute Gasteiger partial charge is 0.465 e. The molecule has 19 heavy (non-hydrogen) atoms. The first kappa shape index (κ1) is 13.7. The third kappa shape index (κ3) is 2.66. The molecule has 1 heterocycles. The van der Waals surface area contributed by atoms with Gasteiger partial charge in [-0.15, -0.1) is 11.3 Å². The molecule has 1 aliphatic carbocycles. The minimum Gasteiger partial charge on any atom is -0.465 e. The summed E-state index contributed by atoms with van der Waals surface area (Å²) in [7, 11) is 1.30. The molecule has 2 rings (SSSR count). The number of carbonyl (C=O) groups is 1. The molecule has 0 radical (unpaired) electrons. The Balaban J connectivity index is 2.17. The van der Waals surface area contributed by atoms with E-state index in [-0.39, 0.29) is 5.69 Å². The van der Waals surface area contributed by atoms with E-state index in [4.69, 9.17) is 11.0 Å². The average Bonchev–Trinajstić information content (AvgIpc) is 3.04. The van der Waals surface area contributed by atoms with Gasteiger partial charge in [0.1, 0.15) is 21.5 Å². The van der Waals surface area contributed by atoms with Crippen LogP contribution in [0, 0.1) is 17.2 Å². The minimum atomic E-state index is -0.493. The number of ether oxygens (including phenoxy) is 1. The predicted molar refractivity (Wildman–Crippen MR) is 75.2 cm³/mol. The highest BCUT2D eigenvalue weighted by atomic mass is 32.1. The van der Waals surface area contributed by atoms with Crippen LogP contribution in [0.5, 0.6) is 0 Å². The molecule has 1 aromatic rings. The van der Waals surface area contributed by atoms with E-state index in [0.29, 0.717) is 27.4 Å². The van der Waals surface area contributed by atoms with E-state index >= 15 is 0 Å². The van der Waals surface area contributed by atoms with Gasteiger partial charge in [-0.2, -0.15) is 5.26 Å². The van der Waals surface area contributed by atoms with Crippen molar-refractivity contribution in [2.75, 3.05) is 18.2 Å². The van der Waals surface area contributed by atoms with Crippen LogP contribution >= 0.6 is 11.3 Å². The summed E-state index contributed by atoms with van der Waals surface area (Å²) in [6, 6.07) is 2.46. The normalized spacial score (nSPS) is 20.7. The van der Waals surface area contributed by atoms with Crippen molar-refractivity contribution in [2.45, 2.75) is 32.2 Å². The molecule has 102 valence electrons. The van der Waals surface area contributed by atoms with Gasteiger partial charge in [0.2, 0.25) is 0 Å². The number of nitrogen functional groups attached to an aromatic ring is 1. The van der Waals surface area contributed by atoms with E-state index in [1.54, 1.807) is 0 Å². The van der Waals surface area contributed by atoms with Crippen molar-refractivity contribution in [3.05, 3.63) is 10.4 Å². The summed E-state index contributed by atoms with van der Waals surface area (Å²) >= 11 is 1.20. The van der Waals surface area contributed by atoms with Gasteiger partial charge in [0.15, 0.2) is 0 Å². The van der Waals surface area contributed by atoms with Crippen LogP contribution in [-0.4, -0.2) is 19.1 Å². The molecule has 1 aromatic heterocycles. The van der Waals surface area contributed by atoms with Crippen LogP contribution in [0.2, 0.25) is 0 Å². The van der Waals surface area contributed by atoms with E-state index in [2.05, 4.69) is 23.0 Å². The van der Waals surface area contributed by atoms with E-state index in [9.17, 15) is 4.79 Å². The SMILES string of the molecule is CCCC1CC1Nc1sc(C(=O)OC)c(N)c1C#N. The highest BCUT2D eigenvalue weighted by Crippen LogP contribution is 2.42. The summed E-state index contributed by atoms with van der Waals surface area (Å²) in [4.78, 5) is 11.9. The van der Waals surface area contributed by atoms with Crippen molar-refractivity contribution in [3.8, 4) is 6.07 Å². The minimum absolute atomic E-state index is 0.217. The zero-order chi connectivity index (χ0) is 14.0. The van der Waals surface area contributed by atoms with Gasteiger partial charge in [0.25, 0.3) is 0 Å². The zero-order valence-corrected chi connectivity index (χ0v) is 11.8. The van der Waals surface area contributed by atoms with Gasteiger partial charge >= 0.3 is 5.97 Å². The second-order valence-electron chi connectivity index (χ2n) is 4.69. The third-order valence-electron chi connectivity index (χ3n) is 3.33. The first-order valence-corrected chi connectivity index (χ1v) is 7.11. The van der Waals surface area contributed by atoms with Gasteiger partial charge in [-0.3, -0.25) is 0 Å². The van der Waals surface area contributed by atoms with E-state index in [1.807, 2.05) is 0 Å². The van der Waals surface area contributed by atoms with Crippen molar-refractivity contribution >= 4 is 28.0 Å². The number of thiophene rings is 1. The monoisotopic (exact) mass is 279 g/mol. The summed E-state index contributed by atoms with van der Waals surface area (Å²) in [6.07, 6.45) is 3.46. The van der Waals surface area contributed by atoms with Crippen LogP contribution in [0.15, 0.2) is 0 Å². The summed E-state index contributed by atoms with van der Waals surface area (Å²) in [5.74, 6) is 0.175. The first-order valence-electron chi connectivity index (χ1n) is 6.29. The highest BCUT2D eigenvalue weighted by Gasteiger charge is 2.37. The number of nitrogens with one attached hydrogen (secondary N) is 1. The van der Waals surface area contributed by atoms with Gasteiger partial charge < -0.3 is 15.8 Å². The molecule has 2 atom stereocenters. The number of anilines is 2. The second kappa shape index (κ2) is 5.49. The van der Waals surface area contributed by atoms with Crippen LogP contribution in [0.1, 0.15) is 41.4 Å². The summed E-state index contributed by atoms with van der Waals surface area (Å²) in [5, 5.41) is 13.2. The van der Waals surface area contributed by atoms with E-state index < -0.39 is 5.97 Å². The standard InChI is InChI=1S/C13H17N3O2S/c1-3-4-7-5-9(7)16-12-8(6-14)10(15)11(19-12)13(17)18-2/h7,9,16H,3-5,15H2,1-2H3. The maximum atomic E-state index is 11.6. The molecule has 0 amide bonds. The number of esters is 1. The van der Waals surface area contributed by atoms with Crippen molar-refractivity contribution in [2.24, 2.45) is 5.92 Å². The first-order chi connectivity index (χ1) is 9.12. The number of carbonyl (C=O) groups excluding carboxylic acids is 1. The molecule has 1 aliphatic rings. The number of hydrogen-bond donors (Lipinski definition) is 2. The smallest absolute Gasteiger partial charge is 0.350 e. The summed E-state index contributed by atoms with van der Waals surface area (Å²) in [5.41, 5.74) is 6.40. The lowest BCUT2D eigenvalue weighted by atomic mass is 10.2. The molecule has 1 saturated carbocycles. The van der Waals surface area contributed by atoms with Crippen LogP contribution in [0.4, 0.5) is 10.7 Å². The average molecular weight is 279 g/mol. The Hall–Kier alpha value is -1.74. The van der Waals surface area contributed by atoms with Gasteiger partial charge in [-0.05, 0) is 18.8 Å². The fourth-order valence-electron chi connectivity index (χ4n) is 2.18. The maximum Gasteiger partial charge on any atom is 0.350 e. The number of nitrogens with zero attached hydrogens (tertiary/aromatic N) is 1. The van der Waals surface area contributed by atoms with Crippen molar-refractivity contribution in [3.63, 3.8) is 0 Å². The Morgan fingerprint density at radius 1 is 1.68 bits per heavy atom. The highest BCUT2D eigenvalue weighted by molar-refractivity contribution is 7.18. The topological polar surface area (TPSA) is 88.1 Å². The number of hydrogen-bond acceptors (Lipinski definition) is 6. The Morgan fingerprint density at radius 3 is 3.00 bits per heavy atom. The Labute approximate surface area is 116 Å². The molecular formula is C13H17N3O2S. The number of methoxy groups -OCH3 is 1. The fraction of sp³-hybridized carbons (Fsp3) is 0.538. The van der Waals surface area contributed by atoms with Gasteiger partial charge in [-0.25, -0.2) is 4.79 Å². The Morgan fingerprint density at radius 2 is 2.42 bits per heavy atom. The molecule has 0 bridgehead atoms. The van der Waals surface area contributed by atoms with Crippen molar-refractivity contribution < 1.29 is 9.53 Å². The second-order valence-corrected chi connectivity index (χ2v) is 5.71. The quantitative estimate of drug-likeness (QED) is 0.809. The van der Waals surface area contributed by atoms with Crippen LogP contribution in [-0.2, 0) is 4.74 Å². The van der Waals surface area contributed by atoms with Crippen LogP contribution < -0.4 is 11.1 Å². The van der Waals surface area contributed by atoms with E-state index in [0.717, 1.165) is 12.8 Å². The lowest BCUT2D eigenvalue weighted by Crippen LogP contribution is -2.04. The van der Waals surface area contributed by atoms with Crippen LogP contribution in [0.25, 0.3) is 0 Å². The van der Waals surface area contributed by atoms with Crippen LogP contribution in [0.3, 0.4) is 0 Å². The van der Waals surface area contributed by atoms with Gasteiger partial charge in [0, 0.05) is 6.04 Å². The zero-order valence-electron chi connectivity index (χ0n) is 11.0. The number of rotatable bonds is 5. The molecule has 1 fully saturated rings. The molecule has 0 aliphatic heterocycles. The summed E-state index contributed by atoms with van der Waals surface area (Å²) in [6.45, 7) is 2.16. The fourth-order valence-corrected chi connectivity index (χ4v) is 3.23. The number of nitriles is 1. The molecule has 3 N–H and O–H groups in total.